The summed E-state index contributed by atoms with van der Waals surface area (Å²) in [5.41, 5.74) is 25.0. The lowest BCUT2D eigenvalue weighted by Gasteiger charge is -2.35. The third-order valence-electron chi connectivity index (χ3n) is 16.1. The van der Waals surface area contributed by atoms with Crippen LogP contribution in [-0.2, 0) is 16.2 Å². The van der Waals surface area contributed by atoms with Gasteiger partial charge in [0.2, 0.25) is 0 Å². The summed E-state index contributed by atoms with van der Waals surface area (Å²) in [4.78, 5) is 2.41. The van der Waals surface area contributed by atoms with Gasteiger partial charge in [0, 0.05) is 38.7 Å². The Bertz CT molecular complexity index is 3880. The van der Waals surface area contributed by atoms with Crippen LogP contribution in [0.3, 0.4) is 0 Å². The second kappa shape index (κ2) is 14.4. The normalized spacial score (nSPS) is 15.0. The maximum absolute atomic E-state index is 6.70. The van der Waals surface area contributed by atoms with E-state index in [0.717, 1.165) is 39.0 Å². The molecule has 0 saturated carbocycles. The maximum atomic E-state index is 6.70. The molecule has 3 aliphatic rings. The number of nitrogens with zero attached hydrogens (tertiary/aromatic N) is 1. The van der Waals surface area contributed by atoms with Gasteiger partial charge in [-0.15, -0.1) is 0 Å². The smallest absolute Gasteiger partial charge is 0.135 e. The summed E-state index contributed by atoms with van der Waals surface area (Å²) in [7, 11) is 0. The first kappa shape index (κ1) is 39.9. The summed E-state index contributed by atoms with van der Waals surface area (Å²) in [5.74, 6) is 0. The zero-order valence-electron chi connectivity index (χ0n) is 39.2. The number of anilines is 3. The molecule has 0 atom stereocenters. The highest BCUT2D eigenvalue weighted by atomic mass is 16.3. The molecule has 0 saturated heterocycles. The van der Waals surface area contributed by atoms with E-state index < -0.39 is 5.41 Å². The molecule has 10 aromatic carbocycles. The van der Waals surface area contributed by atoms with Gasteiger partial charge in [-0.2, -0.15) is 0 Å². The molecule has 3 aliphatic carbocycles. The summed E-state index contributed by atoms with van der Waals surface area (Å²) in [6.07, 6.45) is 0. The Morgan fingerprint density at radius 3 is 1.48 bits per heavy atom. The molecule has 0 radical (unpaired) electrons. The topological polar surface area (TPSA) is 16.4 Å². The fourth-order valence-electron chi connectivity index (χ4n) is 12.9. The van der Waals surface area contributed by atoms with Crippen LogP contribution in [0, 0.1) is 0 Å². The van der Waals surface area contributed by atoms with E-state index in [1.807, 2.05) is 0 Å². The SMILES string of the molecule is CC1(C)c2ccccc2-c2cc(-c3cccc(C4(c5cccc(N(c6ccccc6)c6ccc7oc8cc9c(cc8c7c6)-c6ccccc6C9(C)C)c5)c5ccccc5-c5ccccc54)c3)ccc21. The van der Waals surface area contributed by atoms with Gasteiger partial charge in [-0.1, -0.05) is 185 Å². The first-order valence-electron chi connectivity index (χ1n) is 24.3. The Morgan fingerprint density at radius 2 is 0.797 bits per heavy atom. The van der Waals surface area contributed by atoms with E-state index in [1.165, 1.54) is 89.0 Å². The lowest BCUT2D eigenvalue weighted by molar-refractivity contribution is 0.647. The molecule has 2 nitrogen and oxygen atoms in total. The molecule has 0 bridgehead atoms. The minimum absolute atomic E-state index is 0.0469. The van der Waals surface area contributed by atoms with Gasteiger partial charge < -0.3 is 9.32 Å². The van der Waals surface area contributed by atoms with Crippen LogP contribution >= 0.6 is 0 Å². The predicted molar refractivity (Wildman–Crippen MR) is 286 cm³/mol. The zero-order valence-corrected chi connectivity index (χ0v) is 39.2. The standard InChI is InChI=1S/C67H49NO/c1-65(2)57-28-12-8-26-51(57)53-37-43(32-34-59(53)65)42-18-16-19-44(36-42)67(60-30-14-10-24-49(60)50-25-11-15-31-61(50)67)45-20-17-23-47(38-45)68(46-21-6-5-7-22-46)48-33-35-63-55(39-48)56-40-54-52-27-9-13-29-58(52)66(3,4)62(54)41-64(56)69-63/h5-41H,1-4H3. The van der Waals surface area contributed by atoms with Gasteiger partial charge in [-0.3, -0.25) is 0 Å². The van der Waals surface area contributed by atoms with Gasteiger partial charge in [-0.05, 0) is 156 Å². The molecule has 0 spiro atoms. The highest BCUT2D eigenvalue weighted by molar-refractivity contribution is 6.09. The fraction of sp³-hybridized carbons (Fsp3) is 0.104. The first-order chi connectivity index (χ1) is 33.7. The van der Waals surface area contributed by atoms with E-state index in [1.54, 1.807) is 0 Å². The fourth-order valence-corrected chi connectivity index (χ4v) is 12.9. The Labute approximate surface area is 403 Å². The number of benzene rings is 10. The predicted octanol–water partition coefficient (Wildman–Crippen LogP) is 17.7. The third kappa shape index (κ3) is 5.55. The van der Waals surface area contributed by atoms with Crippen molar-refractivity contribution in [2.24, 2.45) is 0 Å². The maximum Gasteiger partial charge on any atom is 0.135 e. The lowest BCUT2D eigenvalue weighted by Crippen LogP contribution is -2.29. The second-order valence-corrected chi connectivity index (χ2v) is 20.4. The summed E-state index contributed by atoms with van der Waals surface area (Å²) >= 11 is 0. The summed E-state index contributed by atoms with van der Waals surface area (Å²) in [6, 6.07) is 83.8. The van der Waals surface area contributed by atoms with Crippen LogP contribution in [0.2, 0.25) is 0 Å². The molecule has 69 heavy (non-hydrogen) atoms. The zero-order chi connectivity index (χ0) is 46.2. The Balaban J connectivity index is 0.958. The van der Waals surface area contributed by atoms with Crippen molar-refractivity contribution in [2.75, 3.05) is 4.90 Å². The van der Waals surface area contributed by atoms with E-state index in [2.05, 4.69) is 257 Å². The van der Waals surface area contributed by atoms with Crippen molar-refractivity contribution in [3.05, 3.63) is 269 Å². The van der Waals surface area contributed by atoms with Crippen molar-refractivity contribution < 1.29 is 4.42 Å². The van der Waals surface area contributed by atoms with E-state index in [4.69, 9.17) is 4.42 Å². The first-order valence-corrected chi connectivity index (χ1v) is 24.3. The van der Waals surface area contributed by atoms with Gasteiger partial charge >= 0.3 is 0 Å². The van der Waals surface area contributed by atoms with Crippen LogP contribution < -0.4 is 4.90 Å². The van der Waals surface area contributed by atoms with Crippen molar-refractivity contribution in [3.63, 3.8) is 0 Å². The monoisotopic (exact) mass is 883 g/mol. The van der Waals surface area contributed by atoms with Crippen LogP contribution in [0.15, 0.2) is 229 Å². The number of para-hydroxylation sites is 1. The summed E-state index contributed by atoms with van der Waals surface area (Å²) < 4.78 is 6.70. The highest BCUT2D eigenvalue weighted by Crippen LogP contribution is 2.58. The van der Waals surface area contributed by atoms with Crippen LogP contribution in [0.25, 0.3) is 66.4 Å². The molecule has 2 heteroatoms. The van der Waals surface area contributed by atoms with Gasteiger partial charge in [0.25, 0.3) is 0 Å². The number of fused-ring (bicyclic) bond motifs is 12. The number of rotatable bonds is 6. The van der Waals surface area contributed by atoms with Crippen molar-refractivity contribution in [3.8, 4) is 44.5 Å². The Morgan fingerprint density at radius 1 is 0.304 bits per heavy atom. The van der Waals surface area contributed by atoms with E-state index in [-0.39, 0.29) is 10.8 Å². The van der Waals surface area contributed by atoms with Crippen LogP contribution in [0.5, 0.6) is 0 Å². The molecule has 0 aliphatic heterocycles. The molecule has 1 heterocycles. The van der Waals surface area contributed by atoms with Crippen LogP contribution in [0.4, 0.5) is 17.1 Å². The molecule has 1 aromatic heterocycles. The van der Waals surface area contributed by atoms with Gasteiger partial charge in [-0.25, -0.2) is 0 Å². The Kier molecular flexibility index (Phi) is 8.33. The average Bonchev–Trinajstić information content (AvgIpc) is 4.05. The summed E-state index contributed by atoms with van der Waals surface area (Å²) in [6.45, 7) is 9.36. The third-order valence-corrected chi connectivity index (χ3v) is 16.1. The molecule has 328 valence electrons. The van der Waals surface area contributed by atoms with Crippen LogP contribution in [-0.4, -0.2) is 0 Å². The highest BCUT2D eigenvalue weighted by Gasteiger charge is 2.46. The quantitative estimate of drug-likeness (QED) is 0.165. The van der Waals surface area contributed by atoms with Crippen molar-refractivity contribution in [1.82, 2.24) is 0 Å². The van der Waals surface area contributed by atoms with E-state index >= 15 is 0 Å². The molecule has 14 rings (SSSR count). The second-order valence-electron chi connectivity index (χ2n) is 20.4. The molecular weight excluding hydrogens is 835 g/mol. The molecule has 11 aromatic rings. The van der Waals surface area contributed by atoms with Crippen molar-refractivity contribution in [2.45, 2.75) is 43.9 Å². The van der Waals surface area contributed by atoms with Crippen LogP contribution in [0.1, 0.15) is 72.2 Å². The van der Waals surface area contributed by atoms with E-state index in [0.29, 0.717) is 0 Å². The molecule has 0 N–H and O–H groups in total. The van der Waals surface area contributed by atoms with Gasteiger partial charge in [0.05, 0.1) is 5.41 Å². The minimum Gasteiger partial charge on any atom is -0.456 e. The Hall–Kier alpha value is -8.20. The molecular formula is C67H49NO. The molecule has 0 fully saturated rings. The average molecular weight is 884 g/mol. The number of hydrogen-bond donors (Lipinski definition) is 0. The van der Waals surface area contributed by atoms with E-state index in [9.17, 15) is 0 Å². The molecule has 0 unspecified atom stereocenters. The van der Waals surface area contributed by atoms with Gasteiger partial charge in [0.15, 0.2) is 0 Å². The van der Waals surface area contributed by atoms with Crippen molar-refractivity contribution in [1.29, 1.82) is 0 Å². The molecule has 0 amide bonds. The largest absolute Gasteiger partial charge is 0.456 e. The number of hydrogen-bond acceptors (Lipinski definition) is 2. The number of furan rings is 1. The summed E-state index contributed by atoms with van der Waals surface area (Å²) in [5, 5.41) is 2.24. The van der Waals surface area contributed by atoms with Crippen molar-refractivity contribution >= 4 is 39.0 Å². The lowest BCUT2D eigenvalue weighted by atomic mass is 9.67. The minimum atomic E-state index is -0.609. The van der Waals surface area contributed by atoms with Gasteiger partial charge in [0.1, 0.15) is 11.2 Å².